The molecule has 0 atom stereocenters. The molecular formula is C26H26N8O4. The van der Waals surface area contributed by atoms with E-state index in [1.165, 1.54) is 23.3 Å². The van der Waals surface area contributed by atoms with Gasteiger partial charge in [-0.05, 0) is 49.6 Å². The number of amides is 1. The molecule has 1 aromatic carbocycles. The van der Waals surface area contributed by atoms with E-state index in [0.717, 1.165) is 16.9 Å². The highest BCUT2D eigenvalue weighted by Crippen LogP contribution is 2.25. The quantitative estimate of drug-likeness (QED) is 0.376. The van der Waals surface area contributed by atoms with Gasteiger partial charge in [0.1, 0.15) is 11.7 Å². The summed E-state index contributed by atoms with van der Waals surface area (Å²) in [6, 6.07) is 7.63. The maximum Gasteiger partial charge on any atom is 0.291 e. The molecule has 0 saturated carbocycles. The van der Waals surface area contributed by atoms with Crippen molar-refractivity contribution in [1.82, 2.24) is 39.0 Å². The van der Waals surface area contributed by atoms with E-state index in [0.29, 0.717) is 42.9 Å². The number of oxazole rings is 1. The van der Waals surface area contributed by atoms with Crippen LogP contribution in [0.5, 0.6) is 0 Å². The van der Waals surface area contributed by atoms with Gasteiger partial charge in [0.2, 0.25) is 5.76 Å². The average Bonchev–Trinajstić information content (AvgIpc) is 3.66. The fourth-order valence-electron chi connectivity index (χ4n) is 4.77. The van der Waals surface area contributed by atoms with E-state index in [-0.39, 0.29) is 23.8 Å². The molecular weight excluding hydrogens is 488 g/mol. The monoisotopic (exact) mass is 514 g/mol. The molecule has 1 aliphatic heterocycles. The zero-order chi connectivity index (χ0) is 26.4. The number of fused-ring (bicyclic) bond motifs is 1. The van der Waals surface area contributed by atoms with Crippen LogP contribution >= 0.6 is 0 Å². The molecule has 5 heterocycles. The summed E-state index contributed by atoms with van der Waals surface area (Å²) >= 11 is 0. The van der Waals surface area contributed by atoms with Crippen LogP contribution in [0.1, 0.15) is 34.9 Å². The zero-order valence-corrected chi connectivity index (χ0v) is 21.0. The molecule has 194 valence electrons. The normalized spacial score (nSPS) is 15.3. The molecule has 0 radical (unpaired) electrons. The number of hydrogen-bond donors (Lipinski definition) is 1. The van der Waals surface area contributed by atoms with Crippen molar-refractivity contribution in [1.29, 1.82) is 0 Å². The molecule has 38 heavy (non-hydrogen) atoms. The number of aryl methyl sites for hydroxylation is 2. The van der Waals surface area contributed by atoms with Gasteiger partial charge in [-0.25, -0.2) is 19.3 Å². The fourth-order valence-corrected chi connectivity index (χ4v) is 4.77. The Bertz CT molecular complexity index is 1690. The summed E-state index contributed by atoms with van der Waals surface area (Å²) in [4.78, 5) is 36.0. The third-order valence-corrected chi connectivity index (χ3v) is 6.90. The van der Waals surface area contributed by atoms with Crippen molar-refractivity contribution in [2.24, 2.45) is 0 Å². The number of carbonyl (C=O) groups excluding carboxylic acids is 1. The molecule has 1 aliphatic rings. The van der Waals surface area contributed by atoms with Crippen LogP contribution in [0.15, 0.2) is 64.6 Å². The van der Waals surface area contributed by atoms with Gasteiger partial charge in [-0.1, -0.05) is 0 Å². The topological polar surface area (TPSA) is 137 Å². The van der Waals surface area contributed by atoms with Crippen molar-refractivity contribution in [2.45, 2.75) is 38.8 Å². The Balaban J connectivity index is 1.18. The van der Waals surface area contributed by atoms with Crippen LogP contribution in [0.3, 0.4) is 0 Å². The lowest BCUT2D eigenvalue weighted by atomic mass is 9.91. The summed E-state index contributed by atoms with van der Waals surface area (Å²) < 4.78 is 10.1. The predicted octanol–water partition coefficient (Wildman–Crippen LogP) is 2.04. The summed E-state index contributed by atoms with van der Waals surface area (Å²) in [7, 11) is 0. The fraction of sp³-hybridized carbons (Fsp3) is 0.308. The van der Waals surface area contributed by atoms with E-state index in [1.54, 1.807) is 27.4 Å². The standard InChI is InChI=1S/C26H26N8O4/c1-17-11-29-33(14-17)19-3-5-20(6-4-19)34-23-21(12-30-34)24(35)32(16-28-23)15-26(37)7-9-31(10-8-26)25(36)22-13-27-18(2)38-22/h3-6,11-14,16,37H,7-10,15H2,1-2H3. The van der Waals surface area contributed by atoms with E-state index in [9.17, 15) is 14.7 Å². The lowest BCUT2D eigenvalue weighted by molar-refractivity contribution is -0.0304. The first-order valence-corrected chi connectivity index (χ1v) is 12.3. The van der Waals surface area contributed by atoms with Crippen molar-refractivity contribution in [2.75, 3.05) is 13.1 Å². The molecule has 4 aromatic heterocycles. The number of rotatable bonds is 5. The summed E-state index contributed by atoms with van der Waals surface area (Å²) in [6.45, 7) is 4.41. The van der Waals surface area contributed by atoms with E-state index in [4.69, 9.17) is 4.42 Å². The second-order valence-electron chi connectivity index (χ2n) is 9.71. The maximum atomic E-state index is 13.3. The Kier molecular flexibility index (Phi) is 5.68. The third-order valence-electron chi connectivity index (χ3n) is 6.90. The molecule has 0 bridgehead atoms. The van der Waals surface area contributed by atoms with Gasteiger partial charge in [0.15, 0.2) is 11.5 Å². The minimum atomic E-state index is -1.15. The van der Waals surface area contributed by atoms with Crippen LogP contribution in [-0.2, 0) is 6.54 Å². The molecule has 0 spiro atoms. The predicted molar refractivity (Wildman–Crippen MR) is 136 cm³/mol. The first-order chi connectivity index (χ1) is 18.3. The number of aromatic nitrogens is 7. The van der Waals surface area contributed by atoms with Gasteiger partial charge in [-0.15, -0.1) is 0 Å². The molecule has 5 aromatic rings. The average molecular weight is 515 g/mol. The molecule has 1 amide bonds. The van der Waals surface area contributed by atoms with Crippen LogP contribution < -0.4 is 5.56 Å². The number of piperidine rings is 1. The van der Waals surface area contributed by atoms with Crippen molar-refractivity contribution in [3.05, 3.63) is 82.9 Å². The van der Waals surface area contributed by atoms with Crippen LogP contribution in [0, 0.1) is 13.8 Å². The lowest BCUT2D eigenvalue weighted by Crippen LogP contribution is -2.49. The summed E-state index contributed by atoms with van der Waals surface area (Å²) in [5, 5.41) is 20.3. The Morgan fingerprint density at radius 1 is 1.03 bits per heavy atom. The smallest absolute Gasteiger partial charge is 0.291 e. The first kappa shape index (κ1) is 23.8. The summed E-state index contributed by atoms with van der Waals surface area (Å²) in [5.41, 5.74) is 1.74. The van der Waals surface area contributed by atoms with Gasteiger partial charge < -0.3 is 14.4 Å². The van der Waals surface area contributed by atoms with E-state index >= 15 is 0 Å². The number of nitrogens with zero attached hydrogens (tertiary/aromatic N) is 8. The Morgan fingerprint density at radius 3 is 2.42 bits per heavy atom. The van der Waals surface area contributed by atoms with E-state index in [2.05, 4.69) is 20.2 Å². The molecule has 12 heteroatoms. The van der Waals surface area contributed by atoms with Crippen LogP contribution in [0.25, 0.3) is 22.4 Å². The van der Waals surface area contributed by atoms with Crippen LogP contribution in [0.4, 0.5) is 0 Å². The highest BCUT2D eigenvalue weighted by atomic mass is 16.4. The largest absolute Gasteiger partial charge is 0.436 e. The summed E-state index contributed by atoms with van der Waals surface area (Å²) in [5.74, 6) is 0.351. The number of hydrogen-bond acceptors (Lipinski definition) is 8. The van der Waals surface area contributed by atoms with Crippen molar-refractivity contribution in [3.8, 4) is 11.4 Å². The molecule has 6 rings (SSSR count). The highest BCUT2D eigenvalue weighted by molar-refractivity contribution is 5.91. The SMILES string of the molecule is Cc1cnn(-c2ccc(-n3ncc4c(=O)n(CC5(O)CCN(C(=O)c6cnc(C)o6)CC5)cnc43)cc2)c1. The number of benzene rings is 1. The van der Waals surface area contributed by atoms with Gasteiger partial charge in [0, 0.05) is 26.2 Å². The molecule has 1 N–H and O–H groups in total. The molecule has 12 nitrogen and oxygen atoms in total. The van der Waals surface area contributed by atoms with Gasteiger partial charge in [-0.3, -0.25) is 14.2 Å². The Hall–Kier alpha value is -4.58. The second kappa shape index (κ2) is 9.06. The second-order valence-corrected chi connectivity index (χ2v) is 9.71. The minimum Gasteiger partial charge on any atom is -0.436 e. The molecule has 0 aliphatic carbocycles. The first-order valence-electron chi connectivity index (χ1n) is 12.3. The molecule has 1 saturated heterocycles. The molecule has 1 fully saturated rings. The van der Waals surface area contributed by atoms with Gasteiger partial charge in [-0.2, -0.15) is 10.2 Å². The number of likely N-dealkylation sites (tertiary alicyclic amines) is 1. The minimum absolute atomic E-state index is 0.0708. The third kappa shape index (κ3) is 4.28. The van der Waals surface area contributed by atoms with Gasteiger partial charge in [0.05, 0.1) is 42.1 Å². The zero-order valence-electron chi connectivity index (χ0n) is 21.0. The van der Waals surface area contributed by atoms with Gasteiger partial charge >= 0.3 is 0 Å². The van der Waals surface area contributed by atoms with Crippen molar-refractivity contribution >= 4 is 16.9 Å². The van der Waals surface area contributed by atoms with Crippen molar-refractivity contribution in [3.63, 3.8) is 0 Å². The van der Waals surface area contributed by atoms with E-state index in [1.807, 2.05) is 37.4 Å². The highest BCUT2D eigenvalue weighted by Gasteiger charge is 2.35. The van der Waals surface area contributed by atoms with Gasteiger partial charge in [0.25, 0.3) is 11.5 Å². The Morgan fingerprint density at radius 2 is 1.76 bits per heavy atom. The lowest BCUT2D eigenvalue weighted by Gasteiger charge is -2.38. The maximum absolute atomic E-state index is 13.3. The van der Waals surface area contributed by atoms with Crippen LogP contribution in [0.2, 0.25) is 0 Å². The molecule has 0 unspecified atom stereocenters. The Labute approximate surface area is 216 Å². The number of aliphatic hydroxyl groups is 1. The summed E-state index contributed by atoms with van der Waals surface area (Å²) in [6.07, 6.45) is 8.72. The van der Waals surface area contributed by atoms with Crippen LogP contribution in [-0.4, -0.2) is 68.7 Å². The van der Waals surface area contributed by atoms with Crippen molar-refractivity contribution < 1.29 is 14.3 Å². The number of carbonyl (C=O) groups is 1. The van der Waals surface area contributed by atoms with E-state index < -0.39 is 5.60 Å².